The van der Waals surface area contributed by atoms with Crippen molar-refractivity contribution in [1.82, 2.24) is 0 Å². The van der Waals surface area contributed by atoms with Gasteiger partial charge in [0.2, 0.25) is 0 Å². The minimum absolute atomic E-state index is 0.524. The van der Waals surface area contributed by atoms with Crippen LogP contribution in [-0.2, 0) is 19.9 Å². The Labute approximate surface area is 152 Å². The fraction of sp³-hybridized carbons (Fsp3) is 0.400. The zero-order chi connectivity index (χ0) is 18.1. The highest BCUT2D eigenvalue weighted by Gasteiger charge is 2.43. The summed E-state index contributed by atoms with van der Waals surface area (Å²) in [6.07, 6.45) is 0. The lowest BCUT2D eigenvalue weighted by atomic mass is 10.2. The summed E-state index contributed by atoms with van der Waals surface area (Å²) >= 11 is 0. The number of hydrogen-bond acceptors (Lipinski definition) is 4. The van der Waals surface area contributed by atoms with Crippen LogP contribution in [0.3, 0.4) is 0 Å². The summed E-state index contributed by atoms with van der Waals surface area (Å²) in [5, 5.41) is 0.930. The van der Waals surface area contributed by atoms with E-state index in [0.29, 0.717) is 26.4 Å². The Bertz CT molecular complexity index is 625. The molecule has 0 heterocycles. The van der Waals surface area contributed by atoms with E-state index in [1.165, 1.54) is 5.56 Å². The average Bonchev–Trinajstić information content (AvgIpc) is 2.62. The summed E-state index contributed by atoms with van der Waals surface area (Å²) < 4.78 is 23.9. The van der Waals surface area contributed by atoms with Gasteiger partial charge in [-0.25, -0.2) is 0 Å². The second kappa shape index (κ2) is 9.72. The maximum absolute atomic E-state index is 5.97. The first kappa shape index (κ1) is 19.7. The van der Waals surface area contributed by atoms with Crippen LogP contribution in [0.2, 0.25) is 0 Å². The second-order valence-corrected chi connectivity index (χ2v) is 8.21. The molecule has 4 nitrogen and oxygen atoms in total. The van der Waals surface area contributed by atoms with E-state index >= 15 is 0 Å². The maximum Gasteiger partial charge on any atom is 0.537 e. The minimum Gasteiger partial charge on any atom is -0.489 e. The molecule has 2 rings (SSSR count). The van der Waals surface area contributed by atoms with E-state index in [1.54, 1.807) is 0 Å². The second-order valence-electron chi connectivity index (χ2n) is 5.66. The molecular formula is C20H28O4Si. The molecule has 0 radical (unpaired) electrons. The fourth-order valence-electron chi connectivity index (χ4n) is 2.57. The summed E-state index contributed by atoms with van der Waals surface area (Å²) in [7, 11) is -2.90. The van der Waals surface area contributed by atoms with Gasteiger partial charge in [0.1, 0.15) is 12.4 Å². The fourth-order valence-corrected chi connectivity index (χ4v) is 5.08. The van der Waals surface area contributed by atoms with Crippen LogP contribution >= 0.6 is 0 Å². The first-order valence-electron chi connectivity index (χ1n) is 8.84. The molecular weight excluding hydrogens is 332 g/mol. The van der Waals surface area contributed by atoms with Crippen LogP contribution in [0.4, 0.5) is 0 Å². The normalized spacial score (nSPS) is 11.5. The third-order valence-corrected chi connectivity index (χ3v) is 6.74. The van der Waals surface area contributed by atoms with E-state index in [1.807, 2.05) is 45.0 Å². The summed E-state index contributed by atoms with van der Waals surface area (Å²) in [5.74, 6) is 0.786. The molecule has 2 aromatic carbocycles. The Morgan fingerprint density at radius 3 is 1.96 bits per heavy atom. The van der Waals surface area contributed by atoms with Gasteiger partial charge in [0.05, 0.1) is 0 Å². The topological polar surface area (TPSA) is 36.9 Å². The van der Waals surface area contributed by atoms with Gasteiger partial charge in [0.15, 0.2) is 0 Å². The highest BCUT2D eigenvalue weighted by atomic mass is 28.4. The van der Waals surface area contributed by atoms with E-state index < -0.39 is 8.80 Å². The van der Waals surface area contributed by atoms with Crippen molar-refractivity contribution in [1.29, 1.82) is 0 Å². The highest BCUT2D eigenvalue weighted by Crippen LogP contribution is 2.17. The monoisotopic (exact) mass is 360 g/mol. The lowest BCUT2D eigenvalue weighted by molar-refractivity contribution is 0.0858. The molecule has 0 atom stereocenters. The van der Waals surface area contributed by atoms with Crippen LogP contribution in [0, 0.1) is 6.92 Å². The summed E-state index contributed by atoms with van der Waals surface area (Å²) in [4.78, 5) is 0. The molecule has 0 aliphatic rings. The summed E-state index contributed by atoms with van der Waals surface area (Å²) in [5.41, 5.74) is 2.38. The molecule has 0 bridgehead atoms. The SMILES string of the molecule is CCO[Si](OCC)(OCC)c1cccc(OCc2ccc(C)cc2)c1. The minimum atomic E-state index is -2.90. The zero-order valence-electron chi connectivity index (χ0n) is 15.6. The maximum atomic E-state index is 5.97. The van der Waals surface area contributed by atoms with Crippen molar-refractivity contribution in [2.75, 3.05) is 19.8 Å². The number of ether oxygens (including phenoxy) is 1. The average molecular weight is 361 g/mol. The molecule has 0 aliphatic heterocycles. The largest absolute Gasteiger partial charge is 0.537 e. The van der Waals surface area contributed by atoms with E-state index in [0.717, 1.165) is 16.5 Å². The first-order valence-corrected chi connectivity index (χ1v) is 10.6. The van der Waals surface area contributed by atoms with Crippen LogP contribution < -0.4 is 9.92 Å². The summed E-state index contributed by atoms with van der Waals surface area (Å²) in [6, 6.07) is 16.2. The molecule has 0 spiro atoms. The molecule has 5 heteroatoms. The molecule has 25 heavy (non-hydrogen) atoms. The van der Waals surface area contributed by atoms with Crippen molar-refractivity contribution in [2.24, 2.45) is 0 Å². The zero-order valence-corrected chi connectivity index (χ0v) is 16.6. The molecule has 0 aromatic heterocycles. The van der Waals surface area contributed by atoms with Gasteiger partial charge < -0.3 is 18.0 Å². The van der Waals surface area contributed by atoms with Gasteiger partial charge in [0, 0.05) is 25.0 Å². The third kappa shape index (κ3) is 5.41. The van der Waals surface area contributed by atoms with Gasteiger partial charge in [-0.2, -0.15) is 0 Å². The molecule has 0 saturated heterocycles. The van der Waals surface area contributed by atoms with Crippen LogP contribution in [0.5, 0.6) is 5.75 Å². The van der Waals surface area contributed by atoms with Gasteiger partial charge in [-0.3, -0.25) is 0 Å². The highest BCUT2D eigenvalue weighted by molar-refractivity contribution is 6.75. The number of benzene rings is 2. The van der Waals surface area contributed by atoms with Gasteiger partial charge in [-0.15, -0.1) is 0 Å². The molecule has 0 amide bonds. The Hall–Kier alpha value is -1.66. The molecule has 0 saturated carbocycles. The Balaban J connectivity index is 2.18. The molecule has 0 N–H and O–H groups in total. The Morgan fingerprint density at radius 1 is 0.800 bits per heavy atom. The molecule has 0 fully saturated rings. The smallest absolute Gasteiger partial charge is 0.489 e. The quantitative estimate of drug-likeness (QED) is 0.604. The van der Waals surface area contributed by atoms with Gasteiger partial charge in [0.25, 0.3) is 0 Å². The van der Waals surface area contributed by atoms with Crippen LogP contribution in [0.1, 0.15) is 31.9 Å². The van der Waals surface area contributed by atoms with Crippen molar-refractivity contribution < 1.29 is 18.0 Å². The number of aryl methyl sites for hydroxylation is 1. The molecule has 2 aromatic rings. The Kier molecular flexibility index (Phi) is 7.65. The Morgan fingerprint density at radius 2 is 1.40 bits per heavy atom. The van der Waals surface area contributed by atoms with E-state index in [-0.39, 0.29) is 0 Å². The van der Waals surface area contributed by atoms with Gasteiger partial charge in [-0.1, -0.05) is 42.0 Å². The van der Waals surface area contributed by atoms with Crippen molar-refractivity contribution in [3.05, 3.63) is 59.7 Å². The van der Waals surface area contributed by atoms with Crippen molar-refractivity contribution in [2.45, 2.75) is 34.3 Å². The van der Waals surface area contributed by atoms with E-state index in [4.69, 9.17) is 18.0 Å². The molecule has 0 aliphatic carbocycles. The van der Waals surface area contributed by atoms with Crippen LogP contribution in [0.25, 0.3) is 0 Å². The number of hydrogen-bond donors (Lipinski definition) is 0. The van der Waals surface area contributed by atoms with Gasteiger partial charge >= 0.3 is 8.80 Å². The molecule has 136 valence electrons. The predicted octanol–water partition coefficient (Wildman–Crippen LogP) is 3.83. The first-order chi connectivity index (χ1) is 12.1. The standard InChI is InChI=1S/C20H28O4Si/c1-5-22-25(23-6-2,24-7-3)20-10-8-9-19(15-20)21-16-18-13-11-17(4)12-14-18/h8-15H,5-7,16H2,1-4H3. The van der Waals surface area contributed by atoms with Crippen LogP contribution in [-0.4, -0.2) is 28.6 Å². The summed E-state index contributed by atoms with van der Waals surface area (Å²) in [6.45, 7) is 10.1. The van der Waals surface area contributed by atoms with Crippen molar-refractivity contribution in [3.8, 4) is 5.75 Å². The van der Waals surface area contributed by atoms with Crippen molar-refractivity contribution in [3.63, 3.8) is 0 Å². The lowest BCUT2D eigenvalue weighted by Gasteiger charge is -2.28. The van der Waals surface area contributed by atoms with E-state index in [9.17, 15) is 0 Å². The van der Waals surface area contributed by atoms with E-state index in [2.05, 4.69) is 31.2 Å². The predicted molar refractivity (Wildman–Crippen MR) is 102 cm³/mol. The number of rotatable bonds is 10. The third-order valence-electron chi connectivity index (χ3n) is 3.72. The lowest BCUT2D eigenvalue weighted by Crippen LogP contribution is -2.56. The molecule has 0 unspecified atom stereocenters. The van der Waals surface area contributed by atoms with Crippen molar-refractivity contribution >= 4 is 14.0 Å². The van der Waals surface area contributed by atoms with Gasteiger partial charge in [-0.05, 0) is 45.4 Å². The van der Waals surface area contributed by atoms with Crippen LogP contribution in [0.15, 0.2) is 48.5 Å².